The summed E-state index contributed by atoms with van der Waals surface area (Å²) in [6.07, 6.45) is 0. The van der Waals surface area contributed by atoms with Crippen molar-refractivity contribution in [1.82, 2.24) is 4.98 Å². The van der Waals surface area contributed by atoms with Crippen LogP contribution in [0.3, 0.4) is 0 Å². The number of nitrogens with one attached hydrogen (secondary N) is 1. The maximum atomic E-state index is 13.4. The highest BCUT2D eigenvalue weighted by atomic mass is 19.1. The summed E-state index contributed by atoms with van der Waals surface area (Å²) in [6.45, 7) is 1.75. The van der Waals surface area contributed by atoms with Crippen molar-refractivity contribution in [1.29, 1.82) is 0 Å². The van der Waals surface area contributed by atoms with Crippen LogP contribution in [0.15, 0.2) is 78.9 Å². The lowest BCUT2D eigenvalue weighted by atomic mass is 10.0. The molecule has 1 N–H and O–H groups in total. The Morgan fingerprint density at radius 3 is 2.48 bits per heavy atom. The van der Waals surface area contributed by atoms with Gasteiger partial charge in [-0.25, -0.2) is 4.39 Å². The number of hydrogen-bond donors (Lipinski definition) is 1. The van der Waals surface area contributed by atoms with Crippen LogP contribution in [0.1, 0.15) is 16.1 Å². The molecule has 132 valence electrons. The van der Waals surface area contributed by atoms with E-state index < -0.39 is 0 Å². The molecule has 0 radical (unpaired) electrons. The smallest absolute Gasteiger partial charge is 0.257 e. The van der Waals surface area contributed by atoms with Crippen LogP contribution in [-0.4, -0.2) is 10.9 Å². The van der Waals surface area contributed by atoms with Gasteiger partial charge in [-0.15, -0.1) is 0 Å². The third-order valence-electron chi connectivity index (χ3n) is 4.47. The van der Waals surface area contributed by atoms with Gasteiger partial charge in [0.25, 0.3) is 5.91 Å². The molecule has 1 amide bonds. The summed E-state index contributed by atoms with van der Waals surface area (Å²) in [6, 6.07) is 23.7. The van der Waals surface area contributed by atoms with Crippen molar-refractivity contribution in [2.75, 3.05) is 5.32 Å². The number of halogens is 1. The van der Waals surface area contributed by atoms with E-state index in [0.29, 0.717) is 16.8 Å². The molecular weight excluding hydrogens is 339 g/mol. The minimum atomic E-state index is -0.344. The number of pyridine rings is 1. The van der Waals surface area contributed by atoms with E-state index in [1.165, 1.54) is 12.1 Å². The fraction of sp³-hybridized carbons (Fsp3) is 0.0435. The number of benzene rings is 3. The topological polar surface area (TPSA) is 42.0 Å². The number of rotatable bonds is 3. The van der Waals surface area contributed by atoms with E-state index in [0.717, 1.165) is 22.2 Å². The van der Waals surface area contributed by atoms with Crippen molar-refractivity contribution in [3.05, 3.63) is 95.9 Å². The monoisotopic (exact) mass is 356 g/mol. The van der Waals surface area contributed by atoms with Crippen LogP contribution in [0.2, 0.25) is 0 Å². The first kappa shape index (κ1) is 16.9. The van der Waals surface area contributed by atoms with Crippen LogP contribution >= 0.6 is 0 Å². The summed E-state index contributed by atoms with van der Waals surface area (Å²) in [5.74, 6) is -0.585. The molecule has 4 rings (SSSR count). The number of amides is 1. The van der Waals surface area contributed by atoms with Crippen LogP contribution in [0, 0.1) is 12.7 Å². The van der Waals surface area contributed by atoms with Crippen molar-refractivity contribution < 1.29 is 9.18 Å². The Balaban J connectivity index is 1.70. The molecule has 0 saturated carbocycles. The third-order valence-corrected chi connectivity index (χ3v) is 4.47. The van der Waals surface area contributed by atoms with Crippen LogP contribution in [-0.2, 0) is 0 Å². The second kappa shape index (κ2) is 7.00. The van der Waals surface area contributed by atoms with Gasteiger partial charge < -0.3 is 5.32 Å². The molecule has 0 aliphatic carbocycles. The lowest BCUT2D eigenvalue weighted by Crippen LogP contribution is -2.15. The second-order valence-electron chi connectivity index (χ2n) is 6.32. The molecule has 0 spiro atoms. The van der Waals surface area contributed by atoms with E-state index in [1.54, 1.807) is 19.1 Å². The summed E-state index contributed by atoms with van der Waals surface area (Å²) < 4.78 is 13.4. The largest absolute Gasteiger partial charge is 0.321 e. The Labute approximate surface area is 156 Å². The number of carbonyl (C=O) groups excluding carboxylic acids is 1. The molecule has 27 heavy (non-hydrogen) atoms. The van der Waals surface area contributed by atoms with E-state index in [1.807, 2.05) is 54.6 Å². The number of nitrogens with zero attached hydrogens (tertiary/aromatic N) is 1. The van der Waals surface area contributed by atoms with Gasteiger partial charge in [-0.1, -0.05) is 48.5 Å². The molecule has 1 heterocycles. The summed E-state index contributed by atoms with van der Waals surface area (Å²) >= 11 is 0. The molecule has 0 fully saturated rings. The van der Waals surface area contributed by atoms with E-state index in [2.05, 4.69) is 10.3 Å². The van der Waals surface area contributed by atoms with Crippen molar-refractivity contribution in [2.45, 2.75) is 6.92 Å². The average Bonchev–Trinajstić information content (AvgIpc) is 2.68. The molecule has 0 aliphatic rings. The summed E-state index contributed by atoms with van der Waals surface area (Å²) in [7, 11) is 0. The van der Waals surface area contributed by atoms with Crippen LogP contribution in [0.25, 0.3) is 22.0 Å². The Kier molecular flexibility index (Phi) is 4.38. The van der Waals surface area contributed by atoms with Gasteiger partial charge in [0.05, 0.1) is 16.8 Å². The molecule has 0 atom stereocenters. The molecular formula is C23H17FN2O. The predicted molar refractivity (Wildman–Crippen MR) is 106 cm³/mol. The molecule has 4 aromatic rings. The molecule has 3 nitrogen and oxygen atoms in total. The van der Waals surface area contributed by atoms with Crippen molar-refractivity contribution >= 4 is 22.5 Å². The Bertz CT molecular complexity index is 1140. The van der Waals surface area contributed by atoms with Gasteiger partial charge >= 0.3 is 0 Å². The Hall–Kier alpha value is -3.53. The zero-order valence-electron chi connectivity index (χ0n) is 14.7. The zero-order valence-corrected chi connectivity index (χ0v) is 14.7. The number of hydrogen-bond acceptors (Lipinski definition) is 2. The molecule has 4 heteroatoms. The maximum Gasteiger partial charge on any atom is 0.257 e. The van der Waals surface area contributed by atoms with E-state index in [9.17, 15) is 9.18 Å². The highest BCUT2D eigenvalue weighted by Crippen LogP contribution is 2.28. The lowest BCUT2D eigenvalue weighted by molar-refractivity contribution is 0.102. The fourth-order valence-corrected chi connectivity index (χ4v) is 3.12. The highest BCUT2D eigenvalue weighted by molar-refractivity contribution is 6.08. The van der Waals surface area contributed by atoms with Gasteiger partial charge in [-0.3, -0.25) is 9.78 Å². The number of aromatic nitrogens is 1. The Morgan fingerprint density at radius 2 is 1.67 bits per heavy atom. The quantitative estimate of drug-likeness (QED) is 0.519. The third kappa shape index (κ3) is 3.42. The van der Waals surface area contributed by atoms with E-state index in [-0.39, 0.29) is 11.7 Å². The van der Waals surface area contributed by atoms with Crippen LogP contribution < -0.4 is 5.32 Å². The first-order valence-corrected chi connectivity index (χ1v) is 8.64. The molecule has 0 aliphatic heterocycles. The SMILES string of the molecule is Cc1nc2cc(F)ccc2cc1C(=O)Nc1ccccc1-c1ccccc1. The van der Waals surface area contributed by atoms with Crippen molar-refractivity contribution in [3.63, 3.8) is 0 Å². The van der Waals surface area contributed by atoms with Crippen LogP contribution in [0.5, 0.6) is 0 Å². The average molecular weight is 356 g/mol. The molecule has 0 bridgehead atoms. The van der Waals surface area contributed by atoms with Gasteiger partial charge in [0.2, 0.25) is 0 Å². The zero-order chi connectivity index (χ0) is 18.8. The van der Waals surface area contributed by atoms with Gasteiger partial charge in [0, 0.05) is 22.7 Å². The van der Waals surface area contributed by atoms with E-state index >= 15 is 0 Å². The fourth-order valence-electron chi connectivity index (χ4n) is 3.12. The minimum absolute atomic E-state index is 0.241. The van der Waals surface area contributed by atoms with Crippen LogP contribution in [0.4, 0.5) is 10.1 Å². The molecule has 1 aromatic heterocycles. The number of para-hydroxylation sites is 1. The second-order valence-corrected chi connectivity index (χ2v) is 6.32. The first-order chi connectivity index (χ1) is 13.1. The highest BCUT2D eigenvalue weighted by Gasteiger charge is 2.14. The van der Waals surface area contributed by atoms with Gasteiger partial charge in [-0.2, -0.15) is 0 Å². The number of carbonyl (C=O) groups is 1. The molecule has 3 aromatic carbocycles. The summed E-state index contributed by atoms with van der Waals surface area (Å²) in [5.41, 5.74) is 4.26. The van der Waals surface area contributed by atoms with Crippen molar-refractivity contribution in [3.8, 4) is 11.1 Å². The van der Waals surface area contributed by atoms with Crippen molar-refractivity contribution in [2.24, 2.45) is 0 Å². The molecule has 0 saturated heterocycles. The van der Waals surface area contributed by atoms with E-state index in [4.69, 9.17) is 0 Å². The molecule has 0 unspecified atom stereocenters. The van der Waals surface area contributed by atoms with Gasteiger partial charge in [0.15, 0.2) is 0 Å². The maximum absolute atomic E-state index is 13.4. The standard InChI is InChI=1S/C23H17FN2O/c1-15-20(13-17-11-12-18(24)14-22(17)25-15)23(27)26-21-10-6-5-9-19(21)16-7-3-2-4-8-16/h2-14H,1H3,(H,26,27). The number of anilines is 1. The van der Waals surface area contributed by atoms with Gasteiger partial charge in [-0.05, 0) is 36.8 Å². The normalized spacial score (nSPS) is 10.7. The summed E-state index contributed by atoms with van der Waals surface area (Å²) in [4.78, 5) is 17.3. The number of aryl methyl sites for hydroxylation is 1. The Morgan fingerprint density at radius 1 is 0.926 bits per heavy atom. The summed E-state index contributed by atoms with van der Waals surface area (Å²) in [5, 5.41) is 3.71. The lowest BCUT2D eigenvalue weighted by Gasteiger charge is -2.13. The predicted octanol–water partition coefficient (Wildman–Crippen LogP) is 5.60. The number of fused-ring (bicyclic) bond motifs is 1. The first-order valence-electron chi connectivity index (χ1n) is 8.64. The minimum Gasteiger partial charge on any atom is -0.321 e. The van der Waals surface area contributed by atoms with Gasteiger partial charge in [0.1, 0.15) is 5.82 Å².